The Bertz CT molecular complexity index is 941. The molecule has 4 atom stereocenters. The normalized spacial score (nSPS) is 20.2. The van der Waals surface area contributed by atoms with Gasteiger partial charge in [-0.1, -0.05) is 30.3 Å². The predicted octanol–water partition coefficient (Wildman–Crippen LogP) is 3.43. The van der Waals surface area contributed by atoms with Crippen molar-refractivity contribution in [3.8, 4) is 5.75 Å². The fourth-order valence-electron chi connectivity index (χ4n) is 4.63. The van der Waals surface area contributed by atoms with Gasteiger partial charge in [0.15, 0.2) is 0 Å². The van der Waals surface area contributed by atoms with Crippen molar-refractivity contribution in [2.75, 3.05) is 65.6 Å². The highest BCUT2D eigenvalue weighted by Gasteiger charge is 2.36. The van der Waals surface area contributed by atoms with Crippen LogP contribution < -0.4 is 10.6 Å². The van der Waals surface area contributed by atoms with E-state index in [4.69, 9.17) is 23.7 Å². The molecule has 1 fully saturated rings. The molecule has 0 spiro atoms. The highest BCUT2D eigenvalue weighted by Crippen LogP contribution is 2.32. The van der Waals surface area contributed by atoms with Crippen LogP contribution >= 0.6 is 0 Å². The summed E-state index contributed by atoms with van der Waals surface area (Å²) in [5, 5.41) is 26.7. The summed E-state index contributed by atoms with van der Waals surface area (Å²) in [6.07, 6.45) is 0.812. The van der Waals surface area contributed by atoms with E-state index in [0.717, 1.165) is 23.1 Å². The highest BCUT2D eigenvalue weighted by atomic mass is 16.5. The van der Waals surface area contributed by atoms with Crippen molar-refractivity contribution in [1.29, 1.82) is 0 Å². The van der Waals surface area contributed by atoms with Crippen LogP contribution in [0.1, 0.15) is 42.4 Å². The zero-order valence-corrected chi connectivity index (χ0v) is 23.6. The number of rotatable bonds is 18. The SMILES string of the molecule is COCCCNc1cc(CO[C@H]2CNC[C@@H](OCCC(C)O)[C@@H]2c2ccc(COCCOC)cc2)ccc1O. The van der Waals surface area contributed by atoms with E-state index in [0.29, 0.717) is 71.4 Å². The van der Waals surface area contributed by atoms with Gasteiger partial charge in [-0.2, -0.15) is 0 Å². The number of hydrogen-bond acceptors (Lipinski definition) is 9. The van der Waals surface area contributed by atoms with E-state index in [1.54, 1.807) is 27.2 Å². The first-order valence-electron chi connectivity index (χ1n) is 13.8. The monoisotopic (exact) mass is 546 g/mol. The fraction of sp³-hybridized carbons (Fsp3) is 0.600. The molecule has 0 saturated carbocycles. The van der Waals surface area contributed by atoms with Crippen molar-refractivity contribution in [3.05, 3.63) is 59.2 Å². The third-order valence-electron chi connectivity index (χ3n) is 6.79. The second-order valence-corrected chi connectivity index (χ2v) is 9.99. The minimum Gasteiger partial charge on any atom is -0.506 e. The largest absolute Gasteiger partial charge is 0.506 e. The lowest BCUT2D eigenvalue weighted by Gasteiger charge is -2.39. The molecule has 4 N–H and O–H groups in total. The number of benzene rings is 2. The Morgan fingerprint density at radius 2 is 1.62 bits per heavy atom. The summed E-state index contributed by atoms with van der Waals surface area (Å²) in [4.78, 5) is 0. The molecule has 39 heavy (non-hydrogen) atoms. The number of nitrogens with one attached hydrogen (secondary N) is 2. The number of ether oxygens (including phenoxy) is 5. The van der Waals surface area contributed by atoms with Crippen LogP contribution in [0, 0.1) is 0 Å². The third kappa shape index (κ3) is 10.7. The Morgan fingerprint density at radius 1 is 0.897 bits per heavy atom. The van der Waals surface area contributed by atoms with Gasteiger partial charge in [-0.05, 0) is 48.6 Å². The van der Waals surface area contributed by atoms with Gasteiger partial charge in [-0.3, -0.25) is 0 Å². The summed E-state index contributed by atoms with van der Waals surface area (Å²) in [7, 11) is 3.34. The number of piperidine rings is 1. The second kappa shape index (κ2) is 17.5. The molecule has 1 unspecified atom stereocenters. The molecule has 1 aliphatic rings. The molecule has 1 saturated heterocycles. The summed E-state index contributed by atoms with van der Waals surface area (Å²) in [5.41, 5.74) is 3.91. The third-order valence-corrected chi connectivity index (χ3v) is 6.79. The molecule has 1 aliphatic heterocycles. The lowest BCUT2D eigenvalue weighted by Crippen LogP contribution is -2.50. The maximum atomic E-state index is 10.3. The lowest BCUT2D eigenvalue weighted by molar-refractivity contribution is -0.0639. The van der Waals surface area contributed by atoms with Crippen molar-refractivity contribution in [1.82, 2.24) is 5.32 Å². The zero-order valence-electron chi connectivity index (χ0n) is 23.6. The van der Waals surface area contributed by atoms with Gasteiger partial charge in [-0.25, -0.2) is 0 Å². The van der Waals surface area contributed by atoms with E-state index >= 15 is 0 Å². The van der Waals surface area contributed by atoms with Gasteiger partial charge >= 0.3 is 0 Å². The molecule has 0 aromatic heterocycles. The first-order valence-corrected chi connectivity index (χ1v) is 13.8. The van der Waals surface area contributed by atoms with Gasteiger partial charge in [0.05, 0.1) is 50.4 Å². The summed E-state index contributed by atoms with van der Waals surface area (Å²) >= 11 is 0. The van der Waals surface area contributed by atoms with Crippen LogP contribution in [0.25, 0.3) is 0 Å². The number of aliphatic hydroxyl groups is 1. The fourth-order valence-corrected chi connectivity index (χ4v) is 4.63. The number of anilines is 1. The van der Waals surface area contributed by atoms with Gasteiger partial charge in [0.25, 0.3) is 0 Å². The Balaban J connectivity index is 1.69. The molecular weight excluding hydrogens is 500 g/mol. The topological polar surface area (TPSA) is 111 Å². The molecule has 2 aromatic carbocycles. The van der Waals surface area contributed by atoms with E-state index < -0.39 is 6.10 Å². The number of hydrogen-bond donors (Lipinski definition) is 4. The summed E-state index contributed by atoms with van der Waals surface area (Å²) < 4.78 is 28.6. The molecule has 9 heteroatoms. The van der Waals surface area contributed by atoms with Gasteiger partial charge in [0, 0.05) is 53.0 Å². The first-order chi connectivity index (χ1) is 19.0. The molecule has 218 valence electrons. The molecule has 1 heterocycles. The van der Waals surface area contributed by atoms with Crippen molar-refractivity contribution in [2.24, 2.45) is 0 Å². The number of aliphatic hydroxyl groups excluding tert-OH is 1. The summed E-state index contributed by atoms with van der Waals surface area (Å²) in [6.45, 7) is 7.10. The molecule has 2 aromatic rings. The molecular formula is C30H46N2O7. The maximum Gasteiger partial charge on any atom is 0.138 e. The van der Waals surface area contributed by atoms with Crippen LogP contribution in [0.5, 0.6) is 5.75 Å². The minimum absolute atomic E-state index is 0.0208. The minimum atomic E-state index is -0.406. The smallest absolute Gasteiger partial charge is 0.138 e. The summed E-state index contributed by atoms with van der Waals surface area (Å²) in [6, 6.07) is 14.0. The lowest BCUT2D eigenvalue weighted by atomic mass is 9.85. The van der Waals surface area contributed by atoms with Crippen LogP contribution in [0.3, 0.4) is 0 Å². The highest BCUT2D eigenvalue weighted by molar-refractivity contribution is 5.57. The predicted molar refractivity (Wildman–Crippen MR) is 151 cm³/mol. The molecule has 0 bridgehead atoms. The number of aromatic hydroxyl groups is 1. The number of methoxy groups -OCH3 is 2. The number of phenols is 1. The van der Waals surface area contributed by atoms with Crippen LogP contribution in [0.2, 0.25) is 0 Å². The Morgan fingerprint density at radius 3 is 2.33 bits per heavy atom. The van der Waals surface area contributed by atoms with E-state index in [1.807, 2.05) is 12.1 Å². The van der Waals surface area contributed by atoms with Crippen molar-refractivity contribution < 1.29 is 33.9 Å². The van der Waals surface area contributed by atoms with E-state index in [2.05, 4.69) is 34.9 Å². The zero-order chi connectivity index (χ0) is 27.9. The average Bonchev–Trinajstić information content (AvgIpc) is 2.94. The van der Waals surface area contributed by atoms with Crippen LogP contribution in [-0.2, 0) is 36.9 Å². The Hall–Kier alpha value is -2.24. The van der Waals surface area contributed by atoms with Gasteiger partial charge in [0.1, 0.15) is 5.75 Å². The van der Waals surface area contributed by atoms with Crippen LogP contribution in [0.15, 0.2) is 42.5 Å². The second-order valence-electron chi connectivity index (χ2n) is 9.99. The van der Waals surface area contributed by atoms with Gasteiger partial charge in [0.2, 0.25) is 0 Å². The van der Waals surface area contributed by atoms with E-state index in [9.17, 15) is 10.2 Å². The molecule has 0 aliphatic carbocycles. The standard InChI is InChI=1S/C30H46N2O7/c1-22(33)11-14-38-28-18-31-19-29(30(28)25-8-5-23(6-9-25)20-37-16-15-36-3)39-21-24-7-10-27(34)26(17-24)32-12-4-13-35-2/h5-10,17,22,28-34H,4,11-16,18-21H2,1-3H3/t22?,28-,29+,30+/m1/s1. The molecule has 9 nitrogen and oxygen atoms in total. The van der Waals surface area contributed by atoms with Crippen LogP contribution in [-0.4, -0.2) is 88.8 Å². The molecule has 0 radical (unpaired) electrons. The van der Waals surface area contributed by atoms with E-state index in [1.165, 1.54) is 0 Å². The Labute approximate surface area is 232 Å². The van der Waals surface area contributed by atoms with Crippen LogP contribution in [0.4, 0.5) is 5.69 Å². The first kappa shape index (κ1) is 31.3. The number of phenolic OH excluding ortho intramolecular Hbond substituents is 1. The van der Waals surface area contributed by atoms with E-state index in [-0.39, 0.29) is 23.9 Å². The maximum absolute atomic E-state index is 10.3. The van der Waals surface area contributed by atoms with Gasteiger partial charge in [-0.15, -0.1) is 0 Å². The quantitative estimate of drug-likeness (QED) is 0.165. The Kier molecular flexibility index (Phi) is 14.0. The average molecular weight is 547 g/mol. The van der Waals surface area contributed by atoms with Crippen molar-refractivity contribution >= 4 is 5.69 Å². The van der Waals surface area contributed by atoms with Gasteiger partial charge < -0.3 is 44.5 Å². The molecule has 3 rings (SSSR count). The van der Waals surface area contributed by atoms with Crippen molar-refractivity contribution in [2.45, 2.75) is 57.2 Å². The van der Waals surface area contributed by atoms with Crippen molar-refractivity contribution in [3.63, 3.8) is 0 Å². The summed E-state index contributed by atoms with van der Waals surface area (Å²) in [5.74, 6) is 0.235. The molecule has 0 amide bonds.